The molecule has 5 aliphatic rings. The van der Waals surface area contributed by atoms with E-state index in [1.807, 2.05) is 0 Å². The van der Waals surface area contributed by atoms with Crippen molar-refractivity contribution >= 4 is 125 Å². The van der Waals surface area contributed by atoms with Crippen molar-refractivity contribution < 1.29 is 33.6 Å². The minimum absolute atomic E-state index is 0.00554. The second-order valence-electron chi connectivity index (χ2n) is 17.6. The zero-order valence-electron chi connectivity index (χ0n) is 41.3. The zero-order chi connectivity index (χ0) is 56.5. The molecule has 77 heavy (non-hydrogen) atoms. The highest BCUT2D eigenvalue weighted by molar-refractivity contribution is 9.10. The first-order chi connectivity index (χ1) is 36.4. The number of halogens is 5. The Morgan fingerprint density at radius 2 is 1.09 bits per heavy atom. The summed E-state index contributed by atoms with van der Waals surface area (Å²) in [6.07, 6.45) is 8.83. The molecule has 30 heteroatoms. The van der Waals surface area contributed by atoms with Gasteiger partial charge in [0, 0.05) is 111 Å². The van der Waals surface area contributed by atoms with Crippen LogP contribution in [0.2, 0.25) is 15.1 Å². The van der Waals surface area contributed by atoms with E-state index in [4.69, 9.17) is 46.3 Å². The van der Waals surface area contributed by atoms with Crippen LogP contribution in [0.1, 0.15) is 90.8 Å². The van der Waals surface area contributed by atoms with Crippen molar-refractivity contribution in [1.82, 2.24) is 59.4 Å². The average molecular weight is 1250 g/mol. The summed E-state index contributed by atoms with van der Waals surface area (Å²) in [5.74, 6) is -0.225. The Hall–Kier alpha value is -7.07. The number of hydrogen-bond donors (Lipinski definition) is 6. The molecule has 0 aliphatic carbocycles. The van der Waals surface area contributed by atoms with Gasteiger partial charge in [-0.3, -0.25) is 57.1 Å². The second kappa shape index (κ2) is 25.4. The predicted octanol–water partition coefficient (Wildman–Crippen LogP) is 3.52. The number of aromatic amines is 1. The molecule has 10 heterocycles. The highest BCUT2D eigenvalue weighted by Crippen LogP contribution is 2.37. The second-order valence-corrected chi connectivity index (χ2v) is 20.6. The quantitative estimate of drug-likeness (QED) is 0.150. The summed E-state index contributed by atoms with van der Waals surface area (Å²) in [6, 6.07) is 7.45. The fourth-order valence-corrected chi connectivity index (χ4v) is 10.5. The van der Waals surface area contributed by atoms with Gasteiger partial charge in [-0.15, -0.1) is 0 Å². The molecule has 0 saturated carbocycles. The number of anilines is 3. The van der Waals surface area contributed by atoms with E-state index < -0.39 is 22.8 Å². The maximum Gasteiger partial charge on any atom is 0.276 e. The molecule has 0 radical (unpaired) electrons. The van der Waals surface area contributed by atoms with E-state index in [1.165, 1.54) is 60.8 Å². The summed E-state index contributed by atoms with van der Waals surface area (Å²) in [6.45, 7) is 7.67. The summed E-state index contributed by atoms with van der Waals surface area (Å²) >= 11 is 24.2. The Balaban J connectivity index is 0.000000169. The lowest BCUT2D eigenvalue weighted by Gasteiger charge is -2.40. The number of nitrogens with one attached hydrogen (secondary N) is 4. The standard InChI is InChI=1S/C17H17ClN6O3.C13H13BrClN3O3.C7H11NO2.C6H4BrClN2O2.C4H5N3/c1-10(25)23-6-3-17(4-7-23)22-15(26)14-11(18)8-12(16(27)24(14)17)21-13-2-5-19-9-20-13;1-7(19)17-4-2-13(3-5-17)16-11(20)10-9(15)6-8(14)12(21)18(10)13;1-6(9)8-4-2-7(10)3-5-8;7-2-1-3(8)4(5(9)11)10-6(2)12;5-4-1-2-6-3-7-4/h2,5,8-9H,3-4,6-7H2,1H3,(H,22,26)(H,19,20,21);6H,2-5H2,1H3,(H,16,20);2-5H2,1H3;1H,(H2,9,11)(H,10,12);1-3H,(H2,5,6,7). The van der Waals surface area contributed by atoms with Gasteiger partial charge in [0.2, 0.25) is 17.7 Å². The van der Waals surface area contributed by atoms with Crippen molar-refractivity contribution in [1.29, 1.82) is 0 Å². The van der Waals surface area contributed by atoms with Gasteiger partial charge in [-0.1, -0.05) is 34.8 Å². The maximum absolute atomic E-state index is 13.2. The van der Waals surface area contributed by atoms with Crippen molar-refractivity contribution in [3.8, 4) is 0 Å². The van der Waals surface area contributed by atoms with Gasteiger partial charge >= 0.3 is 0 Å². The average Bonchev–Trinajstić information content (AvgIpc) is 3.94. The SMILES string of the molecule is CC(=O)N1CCC(=O)CC1.CC(=O)N1CCC2(CC1)NC(=O)c1c(Cl)cc(Br)c(=O)n12.CC(=O)N1CCC2(CC1)NC(=O)c1c(Cl)cc(Nc3ccncn3)c(=O)n12.NC(=O)c1[nH]c(=O)c(Br)cc1Cl.Nc1ccncn1. The molecule has 0 unspecified atom stereocenters. The van der Waals surface area contributed by atoms with Crippen molar-refractivity contribution in [2.75, 3.05) is 50.3 Å². The number of ketones is 1. The number of hydrogen-bond acceptors (Lipinski definition) is 16. The van der Waals surface area contributed by atoms with E-state index in [0.29, 0.717) is 93.9 Å². The molecule has 8 N–H and O–H groups in total. The normalized spacial score (nSPS) is 16.3. The molecular formula is C47H50Br2Cl3N15O10. The third kappa shape index (κ3) is 13.9. The van der Waals surface area contributed by atoms with Crippen LogP contribution in [0.4, 0.5) is 17.3 Å². The molecule has 0 atom stereocenters. The molecule has 6 amide bonds. The topological polar surface area (TPSA) is 346 Å². The van der Waals surface area contributed by atoms with Crippen LogP contribution in [0.5, 0.6) is 0 Å². The lowest BCUT2D eigenvalue weighted by molar-refractivity contribution is -0.133. The Morgan fingerprint density at radius 3 is 1.52 bits per heavy atom. The van der Waals surface area contributed by atoms with Crippen LogP contribution in [-0.4, -0.2) is 129 Å². The number of nitrogens with zero attached hydrogens (tertiary/aromatic N) is 9. The number of nitrogens with two attached hydrogens (primary N) is 2. The van der Waals surface area contributed by atoms with Crippen LogP contribution in [0.3, 0.4) is 0 Å². The smallest absolute Gasteiger partial charge is 0.276 e. The maximum atomic E-state index is 13.2. The molecule has 0 bridgehead atoms. The number of likely N-dealkylation sites (tertiary alicyclic amines) is 3. The third-order valence-corrected chi connectivity index (χ3v) is 14.8. The number of aromatic nitrogens is 7. The lowest BCUT2D eigenvalue weighted by Crippen LogP contribution is -2.55. The van der Waals surface area contributed by atoms with Crippen LogP contribution in [0, 0.1) is 0 Å². The molecule has 2 spiro atoms. The number of nitrogen functional groups attached to an aromatic ring is 1. The van der Waals surface area contributed by atoms with Crippen molar-refractivity contribution in [2.24, 2.45) is 5.73 Å². The summed E-state index contributed by atoms with van der Waals surface area (Å²) in [7, 11) is 0. The highest BCUT2D eigenvalue weighted by atomic mass is 79.9. The minimum atomic E-state index is -0.886. The molecule has 3 saturated heterocycles. The number of pyridine rings is 3. The summed E-state index contributed by atoms with van der Waals surface area (Å²) < 4.78 is 3.45. The van der Waals surface area contributed by atoms with Gasteiger partial charge in [0.15, 0.2) is 0 Å². The Kier molecular flexibility index (Phi) is 19.5. The fraction of sp³-hybridized carbons (Fsp3) is 0.362. The Morgan fingerprint density at radius 1 is 0.636 bits per heavy atom. The van der Waals surface area contributed by atoms with Gasteiger partial charge in [-0.2, -0.15) is 0 Å². The first-order valence-electron chi connectivity index (χ1n) is 23.3. The largest absolute Gasteiger partial charge is 0.384 e. The van der Waals surface area contributed by atoms with E-state index in [0.717, 1.165) is 0 Å². The highest BCUT2D eigenvalue weighted by Gasteiger charge is 2.48. The van der Waals surface area contributed by atoms with Crippen LogP contribution < -0.4 is 44.1 Å². The molecule has 408 valence electrons. The number of H-pyrrole nitrogens is 1. The Bertz CT molecular complexity index is 3290. The molecule has 25 nitrogen and oxygen atoms in total. The molecule has 10 rings (SSSR count). The van der Waals surface area contributed by atoms with E-state index in [-0.39, 0.29) is 88.7 Å². The number of amides is 6. The zero-order valence-corrected chi connectivity index (χ0v) is 46.8. The Labute approximate surface area is 469 Å². The number of fused-ring (bicyclic) bond motifs is 4. The van der Waals surface area contributed by atoms with Gasteiger partial charge in [0.05, 0.1) is 24.0 Å². The van der Waals surface area contributed by atoms with E-state index in [1.54, 1.807) is 39.2 Å². The van der Waals surface area contributed by atoms with Crippen LogP contribution in [0.25, 0.3) is 0 Å². The van der Waals surface area contributed by atoms with Gasteiger partial charge < -0.3 is 47.1 Å². The van der Waals surface area contributed by atoms with Crippen LogP contribution in [-0.2, 0) is 30.5 Å². The summed E-state index contributed by atoms with van der Waals surface area (Å²) in [4.78, 5) is 139. The predicted molar refractivity (Wildman–Crippen MR) is 290 cm³/mol. The molecular weight excluding hydrogens is 1200 g/mol. The van der Waals surface area contributed by atoms with Gasteiger partial charge in [-0.05, 0) is 62.2 Å². The molecule has 5 aromatic rings. The lowest BCUT2D eigenvalue weighted by atomic mass is 9.97. The number of rotatable bonds is 3. The number of carbonyl (C=O) groups is 7. The van der Waals surface area contributed by atoms with Crippen LogP contribution in [0.15, 0.2) is 78.7 Å². The molecule has 5 aromatic heterocycles. The van der Waals surface area contributed by atoms with Gasteiger partial charge in [0.1, 0.15) is 64.2 Å². The van der Waals surface area contributed by atoms with Crippen molar-refractivity contribution in [2.45, 2.75) is 70.6 Å². The van der Waals surface area contributed by atoms with E-state index in [2.05, 4.69) is 72.7 Å². The number of carbonyl (C=O) groups excluding carboxylic acids is 7. The summed E-state index contributed by atoms with van der Waals surface area (Å²) in [5.41, 5.74) is 7.84. The first-order valence-corrected chi connectivity index (χ1v) is 26.0. The number of piperidine rings is 3. The minimum Gasteiger partial charge on any atom is -0.384 e. The van der Waals surface area contributed by atoms with Crippen molar-refractivity contribution in [3.63, 3.8) is 0 Å². The molecule has 5 aliphatic heterocycles. The number of primary amides is 1. The third-order valence-electron chi connectivity index (χ3n) is 12.7. The van der Waals surface area contributed by atoms with Crippen LogP contribution >= 0.6 is 66.7 Å². The summed E-state index contributed by atoms with van der Waals surface area (Å²) in [5, 5.41) is 9.27. The van der Waals surface area contributed by atoms with Gasteiger partial charge in [-0.25, -0.2) is 19.9 Å². The monoisotopic (exact) mass is 1250 g/mol. The van der Waals surface area contributed by atoms with Crippen molar-refractivity contribution in [3.05, 3.63) is 128 Å². The van der Waals surface area contributed by atoms with E-state index >= 15 is 0 Å². The molecule has 0 aromatic carbocycles. The fourth-order valence-electron chi connectivity index (χ4n) is 8.74. The number of Topliss-reactive ketones (excluding diaryl/α,β-unsaturated/α-hetero) is 1. The van der Waals surface area contributed by atoms with Gasteiger partial charge in [0.25, 0.3) is 34.4 Å². The molecule has 3 fully saturated rings. The first kappa shape index (κ1) is 59.2. The van der Waals surface area contributed by atoms with E-state index in [9.17, 15) is 47.9 Å².